The van der Waals surface area contributed by atoms with Crippen molar-refractivity contribution in [1.82, 2.24) is 10.2 Å². The molecule has 0 saturated heterocycles. The van der Waals surface area contributed by atoms with Crippen LogP contribution in [0.2, 0.25) is 0 Å². The Morgan fingerprint density at radius 3 is 2.53 bits per heavy atom. The first-order valence-electron chi connectivity index (χ1n) is 5.48. The highest BCUT2D eigenvalue weighted by Crippen LogP contribution is 1.96. The van der Waals surface area contributed by atoms with E-state index in [0.29, 0.717) is 6.54 Å². The van der Waals surface area contributed by atoms with E-state index in [1.165, 1.54) is 0 Å². The van der Waals surface area contributed by atoms with Gasteiger partial charge in [-0.3, -0.25) is 10.1 Å². The molecule has 0 aromatic rings. The van der Waals surface area contributed by atoms with E-state index in [0.717, 1.165) is 12.8 Å². The van der Waals surface area contributed by atoms with Gasteiger partial charge in [-0.15, -0.1) is 6.42 Å². The van der Waals surface area contributed by atoms with Crippen molar-refractivity contribution in [2.75, 3.05) is 13.6 Å². The van der Waals surface area contributed by atoms with Crippen molar-refractivity contribution >= 4 is 5.91 Å². The summed E-state index contributed by atoms with van der Waals surface area (Å²) in [5.41, 5.74) is 0. The maximum absolute atomic E-state index is 11.6. The van der Waals surface area contributed by atoms with Gasteiger partial charge < -0.3 is 4.90 Å². The van der Waals surface area contributed by atoms with E-state index in [-0.39, 0.29) is 18.0 Å². The van der Waals surface area contributed by atoms with Crippen LogP contribution in [0.15, 0.2) is 0 Å². The lowest BCUT2D eigenvalue weighted by Crippen LogP contribution is -2.42. The summed E-state index contributed by atoms with van der Waals surface area (Å²) in [6.45, 7) is 6.38. The molecule has 3 heteroatoms. The summed E-state index contributed by atoms with van der Waals surface area (Å²) in [6.07, 6.45) is 7.28. The zero-order valence-corrected chi connectivity index (χ0v) is 10.2. The van der Waals surface area contributed by atoms with Crippen molar-refractivity contribution < 1.29 is 4.79 Å². The third-order valence-electron chi connectivity index (χ3n) is 2.45. The smallest absolute Gasteiger partial charge is 0.236 e. The van der Waals surface area contributed by atoms with Gasteiger partial charge in [0.05, 0.1) is 12.6 Å². The largest absolute Gasteiger partial charge is 0.342 e. The number of hydrogen-bond acceptors (Lipinski definition) is 2. The van der Waals surface area contributed by atoms with Gasteiger partial charge in [-0.2, -0.15) is 0 Å². The minimum Gasteiger partial charge on any atom is -0.342 e. The van der Waals surface area contributed by atoms with E-state index in [2.05, 4.69) is 18.2 Å². The molecule has 0 fully saturated rings. The van der Waals surface area contributed by atoms with E-state index in [1.807, 2.05) is 13.8 Å². The lowest BCUT2D eigenvalue weighted by atomic mass is 10.2. The summed E-state index contributed by atoms with van der Waals surface area (Å²) < 4.78 is 0. The highest BCUT2D eigenvalue weighted by atomic mass is 16.2. The average molecular weight is 210 g/mol. The molecule has 0 bridgehead atoms. The molecule has 0 aliphatic carbocycles. The van der Waals surface area contributed by atoms with Gasteiger partial charge in [-0.05, 0) is 20.3 Å². The molecule has 1 amide bonds. The van der Waals surface area contributed by atoms with Crippen LogP contribution in [0.25, 0.3) is 0 Å². The number of terminal acetylenes is 1. The normalized spacial score (nSPS) is 12.3. The molecule has 1 atom stereocenters. The first-order valence-corrected chi connectivity index (χ1v) is 5.48. The van der Waals surface area contributed by atoms with Crippen LogP contribution in [0.1, 0.15) is 33.6 Å². The molecule has 0 saturated carbocycles. The van der Waals surface area contributed by atoms with Gasteiger partial charge in [0, 0.05) is 13.1 Å². The van der Waals surface area contributed by atoms with Crippen LogP contribution < -0.4 is 5.32 Å². The Labute approximate surface area is 93.2 Å². The number of rotatable bonds is 6. The molecule has 0 radical (unpaired) electrons. The first kappa shape index (κ1) is 14.0. The molecule has 1 unspecified atom stereocenters. The van der Waals surface area contributed by atoms with E-state index in [4.69, 9.17) is 6.42 Å². The summed E-state index contributed by atoms with van der Waals surface area (Å²) >= 11 is 0. The summed E-state index contributed by atoms with van der Waals surface area (Å²) in [4.78, 5) is 13.3. The average Bonchev–Trinajstić information content (AvgIpc) is 2.22. The van der Waals surface area contributed by atoms with Crippen molar-refractivity contribution in [3.8, 4) is 12.3 Å². The zero-order chi connectivity index (χ0) is 11.8. The van der Waals surface area contributed by atoms with Gasteiger partial charge in [0.15, 0.2) is 0 Å². The lowest BCUT2D eigenvalue weighted by molar-refractivity contribution is -0.130. The Kier molecular flexibility index (Phi) is 6.81. The molecule has 0 spiro atoms. The third-order valence-corrected chi connectivity index (χ3v) is 2.45. The molecular weight excluding hydrogens is 188 g/mol. The summed E-state index contributed by atoms with van der Waals surface area (Å²) in [5, 5.41) is 3.08. The number of likely N-dealkylation sites (N-methyl/N-ethyl adjacent to an activating group) is 1. The van der Waals surface area contributed by atoms with Gasteiger partial charge in [-0.1, -0.05) is 19.3 Å². The second kappa shape index (κ2) is 7.30. The van der Waals surface area contributed by atoms with Crippen molar-refractivity contribution in [1.29, 1.82) is 0 Å². The molecule has 1 N–H and O–H groups in total. The number of carbonyl (C=O) groups is 1. The second-order valence-corrected chi connectivity index (χ2v) is 3.99. The number of hydrogen-bond donors (Lipinski definition) is 1. The lowest BCUT2D eigenvalue weighted by Gasteiger charge is -2.22. The van der Waals surface area contributed by atoms with Gasteiger partial charge in [0.1, 0.15) is 0 Å². The van der Waals surface area contributed by atoms with Crippen LogP contribution in [0.3, 0.4) is 0 Å². The summed E-state index contributed by atoms with van der Waals surface area (Å²) in [7, 11) is 1.80. The molecule has 0 aromatic heterocycles. The predicted octanol–water partition coefficient (Wildman–Crippen LogP) is 1.24. The van der Waals surface area contributed by atoms with Gasteiger partial charge in [0.2, 0.25) is 5.91 Å². The first-order chi connectivity index (χ1) is 7.02. The molecule has 0 aliphatic heterocycles. The fraction of sp³-hybridized carbons (Fsp3) is 0.750. The van der Waals surface area contributed by atoms with Gasteiger partial charge >= 0.3 is 0 Å². The topological polar surface area (TPSA) is 32.3 Å². The van der Waals surface area contributed by atoms with E-state index < -0.39 is 0 Å². The van der Waals surface area contributed by atoms with Crippen LogP contribution in [-0.2, 0) is 4.79 Å². The highest BCUT2D eigenvalue weighted by Gasteiger charge is 2.12. The van der Waals surface area contributed by atoms with Crippen LogP contribution in [0, 0.1) is 12.3 Å². The number of nitrogens with zero attached hydrogens (tertiary/aromatic N) is 1. The van der Waals surface area contributed by atoms with Crippen molar-refractivity contribution in [3.63, 3.8) is 0 Å². The van der Waals surface area contributed by atoms with Crippen LogP contribution >= 0.6 is 0 Å². The Balaban J connectivity index is 3.94. The van der Waals surface area contributed by atoms with Crippen LogP contribution in [-0.4, -0.2) is 36.5 Å². The van der Waals surface area contributed by atoms with Crippen LogP contribution in [0.5, 0.6) is 0 Å². The summed E-state index contributed by atoms with van der Waals surface area (Å²) in [6, 6.07) is 0.245. The zero-order valence-electron chi connectivity index (χ0n) is 10.2. The van der Waals surface area contributed by atoms with Crippen molar-refractivity contribution in [2.24, 2.45) is 0 Å². The summed E-state index contributed by atoms with van der Waals surface area (Å²) in [5.74, 6) is 2.73. The second-order valence-electron chi connectivity index (χ2n) is 3.99. The molecule has 0 aromatic carbocycles. The minimum absolute atomic E-state index is 0.0134. The number of carbonyl (C=O) groups excluding carboxylic acids is 1. The van der Waals surface area contributed by atoms with Crippen molar-refractivity contribution in [2.45, 2.75) is 45.7 Å². The monoisotopic (exact) mass is 210 g/mol. The standard InChI is InChI=1S/C12H22N2O/c1-6-8-11(7-2)13-9-12(15)14(5)10(3)4/h2,10-11,13H,6,8-9H2,1,3-5H3. The Hall–Kier alpha value is -1.01. The SMILES string of the molecule is C#CC(CCC)NCC(=O)N(C)C(C)C. The van der Waals surface area contributed by atoms with Gasteiger partial charge in [0.25, 0.3) is 0 Å². The predicted molar refractivity (Wildman–Crippen MR) is 63.4 cm³/mol. The van der Waals surface area contributed by atoms with Gasteiger partial charge in [-0.25, -0.2) is 0 Å². The Bertz CT molecular complexity index is 230. The third kappa shape index (κ3) is 5.44. The van der Waals surface area contributed by atoms with Crippen LogP contribution in [0.4, 0.5) is 0 Å². The number of amides is 1. The molecule has 0 aliphatic rings. The molecular formula is C12H22N2O. The van der Waals surface area contributed by atoms with E-state index in [9.17, 15) is 4.79 Å². The molecule has 0 heterocycles. The maximum atomic E-state index is 11.6. The Morgan fingerprint density at radius 1 is 1.53 bits per heavy atom. The quantitative estimate of drug-likeness (QED) is 0.669. The fourth-order valence-corrected chi connectivity index (χ4v) is 1.16. The molecule has 15 heavy (non-hydrogen) atoms. The molecule has 0 rings (SSSR count). The fourth-order valence-electron chi connectivity index (χ4n) is 1.16. The van der Waals surface area contributed by atoms with E-state index in [1.54, 1.807) is 11.9 Å². The molecule has 3 nitrogen and oxygen atoms in total. The van der Waals surface area contributed by atoms with E-state index >= 15 is 0 Å². The number of nitrogens with one attached hydrogen (secondary N) is 1. The Morgan fingerprint density at radius 2 is 2.13 bits per heavy atom. The minimum atomic E-state index is 0.0134. The molecule has 86 valence electrons. The highest BCUT2D eigenvalue weighted by molar-refractivity contribution is 5.78. The maximum Gasteiger partial charge on any atom is 0.236 e. The van der Waals surface area contributed by atoms with Crippen molar-refractivity contribution in [3.05, 3.63) is 0 Å².